The molecule has 1 aliphatic carbocycles. The maximum atomic E-state index is 13.1. The third kappa shape index (κ3) is 2.97. The summed E-state index contributed by atoms with van der Waals surface area (Å²) in [6.07, 6.45) is 0.783. The van der Waals surface area contributed by atoms with Crippen LogP contribution in [0.2, 0.25) is 0 Å². The second-order valence-electron chi connectivity index (χ2n) is 6.99. The lowest BCUT2D eigenvalue weighted by Gasteiger charge is -2.28. The van der Waals surface area contributed by atoms with Crippen molar-refractivity contribution in [3.63, 3.8) is 0 Å². The van der Waals surface area contributed by atoms with Crippen LogP contribution in [0.25, 0.3) is 11.2 Å². The number of piperazine rings is 1. The fraction of sp³-hybridized carbons (Fsp3) is 0.556. The van der Waals surface area contributed by atoms with Gasteiger partial charge in [0.05, 0.1) is 6.54 Å². The lowest BCUT2D eigenvalue weighted by Crippen LogP contribution is -2.44. The normalized spacial score (nSPS) is 17.9. The van der Waals surface area contributed by atoms with Crippen molar-refractivity contribution in [1.82, 2.24) is 24.4 Å². The summed E-state index contributed by atoms with van der Waals surface area (Å²) < 4.78 is 8.64. The Morgan fingerprint density at radius 2 is 2.04 bits per heavy atom. The van der Waals surface area contributed by atoms with Crippen molar-refractivity contribution in [2.75, 3.05) is 31.1 Å². The first kappa shape index (κ1) is 18.3. The molecule has 3 heterocycles. The number of aliphatic carboxylic acids is 1. The molecule has 0 unspecified atom stereocenters. The molecule has 10 heteroatoms. The zero-order valence-corrected chi connectivity index (χ0v) is 15.9. The van der Waals surface area contributed by atoms with Crippen LogP contribution in [-0.2, 0) is 18.4 Å². The Labute approximate surface area is 161 Å². The Bertz CT molecular complexity index is 1050. The highest BCUT2D eigenvalue weighted by Gasteiger charge is 2.54. The molecule has 2 aromatic heterocycles. The van der Waals surface area contributed by atoms with Crippen LogP contribution in [0.3, 0.4) is 0 Å². The minimum atomic E-state index is -1.29. The quantitative estimate of drug-likeness (QED) is 0.665. The highest BCUT2D eigenvalue weighted by molar-refractivity contribution is 5.81. The van der Waals surface area contributed by atoms with Crippen LogP contribution in [-0.4, -0.2) is 62.0 Å². The Morgan fingerprint density at radius 3 is 2.64 bits per heavy atom. The number of carbonyl (C=O) groups is 1. The molecule has 0 radical (unpaired) electrons. The second-order valence-corrected chi connectivity index (χ2v) is 6.99. The van der Waals surface area contributed by atoms with E-state index in [0.29, 0.717) is 30.9 Å². The minimum absolute atomic E-state index is 0.0320. The van der Waals surface area contributed by atoms with Gasteiger partial charge in [0.15, 0.2) is 11.2 Å². The van der Waals surface area contributed by atoms with Crippen molar-refractivity contribution in [2.45, 2.75) is 31.9 Å². The number of hydrogen-bond donors (Lipinski definition) is 2. The summed E-state index contributed by atoms with van der Waals surface area (Å²) in [6.45, 7) is 5.23. The van der Waals surface area contributed by atoms with Crippen molar-refractivity contribution < 1.29 is 14.6 Å². The van der Waals surface area contributed by atoms with Gasteiger partial charge in [0, 0.05) is 46.1 Å². The summed E-state index contributed by atoms with van der Waals surface area (Å²) in [6, 6.07) is -0.0320. The van der Waals surface area contributed by atoms with E-state index in [-0.39, 0.29) is 17.2 Å². The van der Waals surface area contributed by atoms with Crippen LogP contribution in [0.4, 0.5) is 5.95 Å². The first-order chi connectivity index (χ1) is 13.5. The zero-order chi connectivity index (χ0) is 19.9. The van der Waals surface area contributed by atoms with Crippen LogP contribution in [0.1, 0.15) is 19.8 Å². The van der Waals surface area contributed by atoms with E-state index in [2.05, 4.69) is 32.0 Å². The number of ether oxygens (including phenoxy) is 1. The molecule has 1 aliphatic heterocycles. The van der Waals surface area contributed by atoms with Gasteiger partial charge >= 0.3 is 12.0 Å². The summed E-state index contributed by atoms with van der Waals surface area (Å²) in [5.41, 5.74) is -1.05. The van der Waals surface area contributed by atoms with Crippen molar-refractivity contribution in [3.05, 3.63) is 10.4 Å². The molecule has 2 aromatic rings. The molecule has 2 aliphatic rings. The summed E-state index contributed by atoms with van der Waals surface area (Å²) in [5, 5.41) is 12.7. The molecular formula is C18H22N6O4. The van der Waals surface area contributed by atoms with E-state index in [1.807, 2.05) is 0 Å². The monoisotopic (exact) mass is 386 g/mol. The van der Waals surface area contributed by atoms with Gasteiger partial charge in [-0.05, 0) is 6.92 Å². The van der Waals surface area contributed by atoms with Gasteiger partial charge in [-0.25, -0.2) is 4.79 Å². The van der Waals surface area contributed by atoms with Gasteiger partial charge in [0.2, 0.25) is 11.5 Å². The van der Waals surface area contributed by atoms with E-state index >= 15 is 0 Å². The summed E-state index contributed by atoms with van der Waals surface area (Å²) >= 11 is 0. The highest BCUT2D eigenvalue weighted by atomic mass is 16.5. The van der Waals surface area contributed by atoms with Gasteiger partial charge in [0.25, 0.3) is 5.56 Å². The molecule has 0 amide bonds. The Hall–Kier alpha value is -3.06. The Morgan fingerprint density at radius 1 is 1.32 bits per heavy atom. The van der Waals surface area contributed by atoms with Crippen molar-refractivity contribution >= 4 is 23.1 Å². The van der Waals surface area contributed by atoms with Gasteiger partial charge in [-0.15, -0.1) is 5.92 Å². The fourth-order valence-electron chi connectivity index (χ4n) is 3.28. The molecule has 2 N–H and O–H groups in total. The topological polar surface area (TPSA) is 115 Å². The molecule has 0 bridgehead atoms. The number of imidazole rings is 1. The number of nitrogens with zero attached hydrogens (tertiary/aromatic N) is 5. The van der Waals surface area contributed by atoms with E-state index in [1.165, 1.54) is 11.6 Å². The first-order valence-electron chi connectivity index (χ1n) is 9.22. The van der Waals surface area contributed by atoms with Crippen LogP contribution >= 0.6 is 0 Å². The third-order valence-electron chi connectivity index (χ3n) is 5.12. The van der Waals surface area contributed by atoms with E-state index in [0.717, 1.165) is 26.2 Å². The van der Waals surface area contributed by atoms with E-state index < -0.39 is 11.6 Å². The van der Waals surface area contributed by atoms with E-state index in [9.17, 15) is 14.7 Å². The number of hydrogen-bond acceptors (Lipinski definition) is 7. The van der Waals surface area contributed by atoms with E-state index in [1.54, 1.807) is 11.5 Å². The van der Waals surface area contributed by atoms with Crippen molar-refractivity contribution in [3.8, 4) is 17.9 Å². The van der Waals surface area contributed by atoms with E-state index in [4.69, 9.17) is 4.74 Å². The van der Waals surface area contributed by atoms with Crippen LogP contribution in [0, 0.1) is 11.8 Å². The summed E-state index contributed by atoms with van der Waals surface area (Å²) in [5.74, 6) is 5.43. The van der Waals surface area contributed by atoms with Gasteiger partial charge in [0.1, 0.15) is 0 Å². The molecule has 28 heavy (non-hydrogen) atoms. The number of rotatable bonds is 5. The lowest BCUT2D eigenvalue weighted by molar-refractivity contribution is -0.147. The largest absolute Gasteiger partial charge is 0.478 e. The number of carboxylic acids is 1. The maximum absolute atomic E-state index is 13.1. The SMILES string of the molecule is CC#CCn1c(N2CCNCC2)nc2nc(OC3(C(=O)O)CC3)n(C)c(=O)c21. The van der Waals surface area contributed by atoms with Gasteiger partial charge in [-0.3, -0.25) is 13.9 Å². The molecule has 2 fully saturated rings. The lowest BCUT2D eigenvalue weighted by atomic mass is 10.3. The van der Waals surface area contributed by atoms with Crippen LogP contribution < -0.4 is 20.5 Å². The number of aromatic nitrogens is 4. The second kappa shape index (κ2) is 6.83. The molecule has 10 nitrogen and oxygen atoms in total. The van der Waals surface area contributed by atoms with Crippen LogP contribution in [0.15, 0.2) is 4.79 Å². The van der Waals surface area contributed by atoms with Gasteiger partial charge in [-0.1, -0.05) is 5.92 Å². The molecule has 148 valence electrons. The summed E-state index contributed by atoms with van der Waals surface area (Å²) in [4.78, 5) is 35.6. The molecule has 0 atom stereocenters. The average Bonchev–Trinajstić information content (AvgIpc) is 3.39. The summed E-state index contributed by atoms with van der Waals surface area (Å²) in [7, 11) is 1.52. The molecule has 4 rings (SSSR count). The molecule has 0 aromatic carbocycles. The minimum Gasteiger partial charge on any atom is -0.478 e. The zero-order valence-electron chi connectivity index (χ0n) is 15.9. The molecule has 1 saturated heterocycles. The fourth-order valence-corrected chi connectivity index (χ4v) is 3.28. The predicted octanol–water partition coefficient (Wildman–Crippen LogP) is -0.441. The van der Waals surface area contributed by atoms with Gasteiger partial charge < -0.3 is 20.1 Å². The smallest absolute Gasteiger partial charge is 0.348 e. The number of anilines is 1. The van der Waals surface area contributed by atoms with Gasteiger partial charge in [-0.2, -0.15) is 9.97 Å². The third-order valence-corrected chi connectivity index (χ3v) is 5.12. The first-order valence-corrected chi connectivity index (χ1v) is 9.22. The molecule has 0 spiro atoms. The number of fused-ring (bicyclic) bond motifs is 1. The maximum Gasteiger partial charge on any atom is 0.348 e. The Balaban J connectivity index is 1.84. The average molecular weight is 386 g/mol. The van der Waals surface area contributed by atoms with Crippen LogP contribution in [0.5, 0.6) is 6.01 Å². The molecular weight excluding hydrogens is 364 g/mol. The Kier molecular flexibility index (Phi) is 4.47. The highest BCUT2D eigenvalue weighted by Crippen LogP contribution is 2.40. The standard InChI is InChI=1S/C18H22N6O4/c1-3-4-9-24-12-13(20-16(24)23-10-7-19-8-11-23)21-17(22(2)14(12)25)28-18(5-6-18)15(26)27/h19H,5-11H2,1-2H3,(H,26,27). The number of carboxylic acid groups (broad SMARTS) is 1. The van der Waals surface area contributed by atoms with Crippen molar-refractivity contribution in [1.29, 1.82) is 0 Å². The number of nitrogens with one attached hydrogen (secondary N) is 1. The van der Waals surface area contributed by atoms with Crippen molar-refractivity contribution in [2.24, 2.45) is 7.05 Å². The predicted molar refractivity (Wildman–Crippen MR) is 102 cm³/mol. The molecule has 1 saturated carbocycles.